The highest BCUT2D eigenvalue weighted by Crippen LogP contribution is 2.25. The predicted molar refractivity (Wildman–Crippen MR) is 58.6 cm³/mol. The number of aryl methyl sites for hydroxylation is 1. The molecule has 1 aromatic rings. The van der Waals surface area contributed by atoms with E-state index in [1.807, 2.05) is 25.5 Å². The van der Waals surface area contributed by atoms with Gasteiger partial charge in [-0.1, -0.05) is 0 Å². The molecule has 0 aromatic carbocycles. The second kappa shape index (κ2) is 4.41. The minimum absolute atomic E-state index is 0.157. The third kappa shape index (κ3) is 2.16. The first-order valence-corrected chi connectivity index (χ1v) is 5.11. The van der Waals surface area contributed by atoms with Crippen LogP contribution in [0.5, 0.6) is 0 Å². The minimum atomic E-state index is -0.157. The molecule has 0 N–H and O–H groups in total. The van der Waals surface area contributed by atoms with Crippen LogP contribution in [0, 0.1) is 13.8 Å². The fourth-order valence-electron chi connectivity index (χ4n) is 1.93. The second-order valence-electron chi connectivity index (χ2n) is 4.02. The quantitative estimate of drug-likeness (QED) is 0.564. The smallest absolute Gasteiger partial charge is 0.235 e. The molecule has 0 fully saturated rings. The number of aromatic nitrogens is 2. The summed E-state index contributed by atoms with van der Waals surface area (Å²) in [6.45, 7) is 9.99. The average Bonchev–Trinajstić information content (AvgIpc) is 2.42. The molecule has 4 heteroatoms. The summed E-state index contributed by atoms with van der Waals surface area (Å²) in [5.41, 5.74) is 3.05. The van der Waals surface area contributed by atoms with Gasteiger partial charge in [0.2, 0.25) is 6.08 Å². The van der Waals surface area contributed by atoms with E-state index in [2.05, 4.69) is 23.9 Å². The SMILES string of the molecule is Cc1nn(C(C)C)c(C)c1C(C)N=C=O. The second-order valence-corrected chi connectivity index (χ2v) is 4.02. The molecular weight excluding hydrogens is 190 g/mol. The predicted octanol–water partition coefficient (Wildman–Crippen LogP) is 2.48. The van der Waals surface area contributed by atoms with Crippen molar-refractivity contribution in [3.63, 3.8) is 0 Å². The summed E-state index contributed by atoms with van der Waals surface area (Å²) >= 11 is 0. The van der Waals surface area contributed by atoms with Gasteiger partial charge in [0.15, 0.2) is 0 Å². The van der Waals surface area contributed by atoms with Crippen LogP contribution in [0.25, 0.3) is 0 Å². The van der Waals surface area contributed by atoms with Crippen molar-refractivity contribution in [3.05, 3.63) is 17.0 Å². The van der Waals surface area contributed by atoms with Crippen LogP contribution in [-0.2, 0) is 4.79 Å². The van der Waals surface area contributed by atoms with E-state index in [1.54, 1.807) is 6.08 Å². The Morgan fingerprint density at radius 3 is 2.33 bits per heavy atom. The lowest BCUT2D eigenvalue weighted by atomic mass is 10.1. The van der Waals surface area contributed by atoms with Gasteiger partial charge in [-0.15, -0.1) is 0 Å². The van der Waals surface area contributed by atoms with E-state index in [0.29, 0.717) is 6.04 Å². The van der Waals surface area contributed by atoms with E-state index < -0.39 is 0 Å². The molecule has 0 amide bonds. The van der Waals surface area contributed by atoms with E-state index in [1.165, 1.54) is 0 Å². The largest absolute Gasteiger partial charge is 0.267 e. The van der Waals surface area contributed by atoms with Crippen LogP contribution in [0.4, 0.5) is 0 Å². The highest BCUT2D eigenvalue weighted by atomic mass is 16.1. The topological polar surface area (TPSA) is 47.2 Å². The van der Waals surface area contributed by atoms with Gasteiger partial charge in [-0.2, -0.15) is 10.1 Å². The van der Waals surface area contributed by atoms with Crippen molar-refractivity contribution in [1.29, 1.82) is 0 Å². The van der Waals surface area contributed by atoms with Crippen molar-refractivity contribution in [2.75, 3.05) is 0 Å². The summed E-state index contributed by atoms with van der Waals surface area (Å²) in [7, 11) is 0. The Labute approximate surface area is 90.0 Å². The fraction of sp³-hybridized carbons (Fsp3) is 0.636. The van der Waals surface area contributed by atoms with Crippen LogP contribution in [0.15, 0.2) is 4.99 Å². The van der Waals surface area contributed by atoms with Crippen molar-refractivity contribution in [2.45, 2.75) is 46.7 Å². The van der Waals surface area contributed by atoms with Crippen LogP contribution in [0.1, 0.15) is 49.8 Å². The van der Waals surface area contributed by atoms with Crippen molar-refractivity contribution in [1.82, 2.24) is 9.78 Å². The Hall–Kier alpha value is -1.41. The summed E-state index contributed by atoms with van der Waals surface area (Å²) in [5.74, 6) is 0. The summed E-state index contributed by atoms with van der Waals surface area (Å²) in [6.07, 6.45) is 1.60. The van der Waals surface area contributed by atoms with E-state index in [9.17, 15) is 4.79 Å². The molecule has 0 radical (unpaired) electrons. The van der Waals surface area contributed by atoms with Crippen molar-refractivity contribution in [3.8, 4) is 0 Å². The van der Waals surface area contributed by atoms with E-state index in [4.69, 9.17) is 0 Å². The highest BCUT2D eigenvalue weighted by molar-refractivity contribution is 5.37. The molecule has 1 aromatic heterocycles. The maximum atomic E-state index is 10.2. The molecule has 0 spiro atoms. The van der Waals surface area contributed by atoms with Crippen LogP contribution < -0.4 is 0 Å². The Kier molecular flexibility index (Phi) is 3.43. The van der Waals surface area contributed by atoms with E-state index >= 15 is 0 Å². The number of rotatable bonds is 3. The molecule has 15 heavy (non-hydrogen) atoms. The van der Waals surface area contributed by atoms with Gasteiger partial charge in [0.05, 0.1) is 11.7 Å². The third-order valence-electron chi connectivity index (χ3n) is 2.53. The summed E-state index contributed by atoms with van der Waals surface area (Å²) in [4.78, 5) is 14.0. The molecular formula is C11H17N3O. The molecule has 82 valence electrons. The van der Waals surface area contributed by atoms with Gasteiger partial charge < -0.3 is 0 Å². The van der Waals surface area contributed by atoms with Crippen molar-refractivity contribution in [2.24, 2.45) is 4.99 Å². The lowest BCUT2D eigenvalue weighted by Gasteiger charge is -2.09. The fourth-order valence-corrected chi connectivity index (χ4v) is 1.93. The maximum absolute atomic E-state index is 10.2. The molecule has 1 unspecified atom stereocenters. The number of nitrogens with zero attached hydrogens (tertiary/aromatic N) is 3. The minimum Gasteiger partial charge on any atom is -0.267 e. The number of hydrogen-bond donors (Lipinski definition) is 0. The standard InChI is InChI=1S/C11H17N3O/c1-7(2)14-10(5)11(9(4)13-14)8(3)12-6-15/h7-8H,1-5H3. The Bertz CT molecular complexity index is 400. The molecule has 0 saturated carbocycles. The van der Waals surface area contributed by atoms with Crippen molar-refractivity contribution >= 4 is 6.08 Å². The molecule has 0 aliphatic carbocycles. The Balaban J connectivity index is 3.24. The zero-order valence-corrected chi connectivity index (χ0v) is 9.90. The molecule has 0 aliphatic rings. The summed E-state index contributed by atoms with van der Waals surface area (Å²) in [6, 6.07) is 0.167. The van der Waals surface area contributed by atoms with Gasteiger partial charge in [-0.05, 0) is 34.6 Å². The monoisotopic (exact) mass is 207 g/mol. The van der Waals surface area contributed by atoms with E-state index in [-0.39, 0.29) is 6.04 Å². The Morgan fingerprint density at radius 1 is 1.33 bits per heavy atom. The lowest BCUT2D eigenvalue weighted by Crippen LogP contribution is -2.05. The normalized spacial score (nSPS) is 12.7. The first-order chi connectivity index (χ1) is 6.99. The molecule has 0 aliphatic heterocycles. The van der Waals surface area contributed by atoms with Gasteiger partial charge in [0.1, 0.15) is 0 Å². The lowest BCUT2D eigenvalue weighted by molar-refractivity contribution is 0.515. The molecule has 1 atom stereocenters. The molecule has 1 rings (SSSR count). The van der Waals surface area contributed by atoms with E-state index in [0.717, 1.165) is 17.0 Å². The zero-order chi connectivity index (χ0) is 11.6. The van der Waals surface area contributed by atoms with Crippen molar-refractivity contribution < 1.29 is 4.79 Å². The summed E-state index contributed by atoms with van der Waals surface area (Å²) < 4.78 is 1.96. The molecule has 1 heterocycles. The first kappa shape index (κ1) is 11.7. The number of aliphatic imine (C=N–C) groups is 1. The van der Waals surface area contributed by atoms with Gasteiger partial charge in [0.25, 0.3) is 0 Å². The van der Waals surface area contributed by atoms with Crippen LogP contribution in [0.2, 0.25) is 0 Å². The number of isocyanates is 1. The molecule has 4 nitrogen and oxygen atoms in total. The average molecular weight is 207 g/mol. The number of carbonyl (C=O) groups excluding carboxylic acids is 1. The maximum Gasteiger partial charge on any atom is 0.235 e. The highest BCUT2D eigenvalue weighted by Gasteiger charge is 2.17. The first-order valence-electron chi connectivity index (χ1n) is 5.11. The van der Waals surface area contributed by atoms with Crippen LogP contribution in [-0.4, -0.2) is 15.9 Å². The van der Waals surface area contributed by atoms with Gasteiger partial charge in [-0.25, -0.2) is 4.79 Å². The molecule has 0 bridgehead atoms. The molecule has 0 saturated heterocycles. The Morgan fingerprint density at radius 2 is 1.93 bits per heavy atom. The van der Waals surface area contributed by atoms with Gasteiger partial charge >= 0.3 is 0 Å². The third-order valence-corrected chi connectivity index (χ3v) is 2.53. The van der Waals surface area contributed by atoms with Gasteiger partial charge in [-0.3, -0.25) is 4.68 Å². The summed E-state index contributed by atoms with van der Waals surface area (Å²) in [5, 5.41) is 4.44. The van der Waals surface area contributed by atoms with Crippen LogP contribution in [0.3, 0.4) is 0 Å². The van der Waals surface area contributed by atoms with Gasteiger partial charge in [0, 0.05) is 17.3 Å². The zero-order valence-electron chi connectivity index (χ0n) is 9.90. The number of hydrogen-bond acceptors (Lipinski definition) is 3. The van der Waals surface area contributed by atoms with Crippen LogP contribution >= 0.6 is 0 Å².